The van der Waals surface area contributed by atoms with Gasteiger partial charge < -0.3 is 9.84 Å². The Hall–Kier alpha value is -1.51. The topological polar surface area (TPSA) is 41.8 Å². The maximum Gasteiger partial charge on any atom is 0.176 e. The van der Waals surface area contributed by atoms with Gasteiger partial charge in [0.05, 0.1) is 6.04 Å². The van der Waals surface area contributed by atoms with E-state index >= 15 is 0 Å². The van der Waals surface area contributed by atoms with Gasteiger partial charge in [-0.3, -0.25) is 4.99 Å². The van der Waals surface area contributed by atoms with E-state index in [4.69, 9.17) is 4.74 Å². The number of aliphatic imine (C=N–C) groups is 1. The predicted octanol–water partition coefficient (Wildman–Crippen LogP) is 2.91. The summed E-state index contributed by atoms with van der Waals surface area (Å²) in [5.41, 5.74) is 0.834. The molecule has 0 aliphatic rings. The maximum absolute atomic E-state index is 9.43. The number of hydrogen-bond donors (Lipinski definition) is 1. The van der Waals surface area contributed by atoms with E-state index in [0.29, 0.717) is 5.75 Å². The van der Waals surface area contributed by atoms with E-state index < -0.39 is 0 Å². The first-order chi connectivity index (χ1) is 7.13. The lowest BCUT2D eigenvalue weighted by Crippen LogP contribution is -1.98. The molecule has 0 aromatic heterocycles. The zero-order chi connectivity index (χ0) is 11.3. The molecule has 0 aliphatic heterocycles. The third kappa shape index (κ3) is 3.62. The molecular formula is C12H17NO2. The van der Waals surface area contributed by atoms with Gasteiger partial charge in [0.25, 0.3) is 0 Å². The van der Waals surface area contributed by atoms with Crippen molar-refractivity contribution in [2.45, 2.75) is 33.2 Å². The predicted molar refractivity (Wildman–Crippen MR) is 61.7 cm³/mol. The summed E-state index contributed by atoms with van der Waals surface area (Å²) >= 11 is 0. The lowest BCUT2D eigenvalue weighted by molar-refractivity contribution is 0.465. The summed E-state index contributed by atoms with van der Waals surface area (Å²) in [6.45, 7) is 5.93. The first-order valence-corrected chi connectivity index (χ1v) is 5.11. The Morgan fingerprint density at radius 2 is 2.27 bits per heavy atom. The van der Waals surface area contributed by atoms with Crippen LogP contribution >= 0.6 is 0 Å². The molecule has 1 N–H and O–H groups in total. The molecule has 1 aromatic rings. The molecule has 0 bridgehead atoms. The first kappa shape index (κ1) is 11.6. The summed E-state index contributed by atoms with van der Waals surface area (Å²) in [4.78, 5) is 4.16. The SMILES string of the molecule is CCC(C)/N=C/Oc1ccc(C)c(O)c1. The van der Waals surface area contributed by atoms with Gasteiger partial charge in [0.1, 0.15) is 11.5 Å². The Morgan fingerprint density at radius 3 is 2.87 bits per heavy atom. The van der Waals surface area contributed by atoms with Gasteiger partial charge in [-0.05, 0) is 31.9 Å². The molecule has 0 amide bonds. The largest absolute Gasteiger partial charge is 0.508 e. The van der Waals surface area contributed by atoms with Crippen molar-refractivity contribution in [1.29, 1.82) is 0 Å². The van der Waals surface area contributed by atoms with Crippen molar-refractivity contribution in [3.63, 3.8) is 0 Å². The summed E-state index contributed by atoms with van der Waals surface area (Å²) in [5, 5.41) is 9.43. The van der Waals surface area contributed by atoms with Crippen LogP contribution in [0.2, 0.25) is 0 Å². The molecule has 0 saturated carbocycles. The minimum absolute atomic E-state index is 0.240. The van der Waals surface area contributed by atoms with Crippen LogP contribution in [0.4, 0.5) is 0 Å². The number of nitrogens with zero attached hydrogens (tertiary/aromatic N) is 1. The summed E-state index contributed by atoms with van der Waals surface area (Å²) in [6, 6.07) is 5.46. The van der Waals surface area contributed by atoms with Crippen LogP contribution in [-0.2, 0) is 0 Å². The Morgan fingerprint density at radius 1 is 1.53 bits per heavy atom. The molecule has 0 saturated heterocycles. The molecule has 1 atom stereocenters. The fourth-order valence-corrected chi connectivity index (χ4v) is 0.963. The molecule has 3 heteroatoms. The highest BCUT2D eigenvalue weighted by atomic mass is 16.5. The molecule has 1 rings (SSSR count). The molecule has 1 aromatic carbocycles. The monoisotopic (exact) mass is 207 g/mol. The molecule has 1 unspecified atom stereocenters. The summed E-state index contributed by atoms with van der Waals surface area (Å²) < 4.78 is 5.26. The summed E-state index contributed by atoms with van der Waals surface area (Å²) in [7, 11) is 0. The van der Waals surface area contributed by atoms with Crippen molar-refractivity contribution in [2.24, 2.45) is 4.99 Å². The van der Waals surface area contributed by atoms with Crippen molar-refractivity contribution < 1.29 is 9.84 Å². The lowest BCUT2D eigenvalue weighted by Gasteiger charge is -2.03. The number of aryl methyl sites for hydroxylation is 1. The van der Waals surface area contributed by atoms with Gasteiger partial charge in [0, 0.05) is 6.07 Å². The molecule has 82 valence electrons. The average Bonchev–Trinajstić information content (AvgIpc) is 2.23. The van der Waals surface area contributed by atoms with Gasteiger partial charge in [-0.2, -0.15) is 0 Å². The fraction of sp³-hybridized carbons (Fsp3) is 0.417. The van der Waals surface area contributed by atoms with E-state index in [1.165, 1.54) is 6.40 Å². The number of benzene rings is 1. The van der Waals surface area contributed by atoms with Gasteiger partial charge in [-0.1, -0.05) is 13.0 Å². The molecule has 0 aliphatic carbocycles. The average molecular weight is 207 g/mol. The van der Waals surface area contributed by atoms with Crippen molar-refractivity contribution >= 4 is 6.40 Å². The molecule has 0 radical (unpaired) electrons. The fourth-order valence-electron chi connectivity index (χ4n) is 0.963. The minimum Gasteiger partial charge on any atom is -0.508 e. The van der Waals surface area contributed by atoms with Crippen LogP contribution in [0.25, 0.3) is 0 Å². The molecule has 15 heavy (non-hydrogen) atoms. The summed E-state index contributed by atoms with van der Waals surface area (Å²) in [6.07, 6.45) is 2.41. The molecule has 3 nitrogen and oxygen atoms in total. The number of phenols is 1. The number of rotatable bonds is 4. The molecule has 0 fully saturated rings. The van der Waals surface area contributed by atoms with Crippen LogP contribution in [0.3, 0.4) is 0 Å². The highest BCUT2D eigenvalue weighted by Gasteiger charge is 1.98. The second-order valence-corrected chi connectivity index (χ2v) is 3.58. The number of aromatic hydroxyl groups is 1. The highest BCUT2D eigenvalue weighted by molar-refractivity contribution is 5.53. The maximum atomic E-state index is 9.43. The molecular weight excluding hydrogens is 190 g/mol. The van der Waals surface area contributed by atoms with Gasteiger partial charge in [-0.15, -0.1) is 0 Å². The van der Waals surface area contributed by atoms with E-state index in [0.717, 1.165) is 12.0 Å². The first-order valence-electron chi connectivity index (χ1n) is 5.11. The Balaban J connectivity index is 2.58. The van der Waals surface area contributed by atoms with Gasteiger partial charge in [-0.25, -0.2) is 0 Å². The van der Waals surface area contributed by atoms with Crippen molar-refractivity contribution in [3.8, 4) is 11.5 Å². The third-order valence-corrected chi connectivity index (χ3v) is 2.28. The number of phenolic OH excluding ortho intramolecular Hbond substituents is 1. The highest BCUT2D eigenvalue weighted by Crippen LogP contribution is 2.22. The second kappa shape index (κ2) is 5.39. The second-order valence-electron chi connectivity index (χ2n) is 3.58. The Bertz CT molecular complexity index is 347. The Kier molecular flexibility index (Phi) is 4.16. The van der Waals surface area contributed by atoms with E-state index in [1.807, 2.05) is 19.9 Å². The van der Waals surface area contributed by atoms with Crippen LogP contribution in [0.5, 0.6) is 11.5 Å². The van der Waals surface area contributed by atoms with Crippen molar-refractivity contribution in [3.05, 3.63) is 23.8 Å². The third-order valence-electron chi connectivity index (χ3n) is 2.28. The summed E-state index contributed by atoms with van der Waals surface area (Å²) in [5.74, 6) is 0.842. The molecule has 0 heterocycles. The van der Waals surface area contributed by atoms with Crippen LogP contribution in [0.15, 0.2) is 23.2 Å². The van der Waals surface area contributed by atoms with Crippen molar-refractivity contribution in [2.75, 3.05) is 0 Å². The van der Waals surface area contributed by atoms with Crippen LogP contribution < -0.4 is 4.74 Å². The smallest absolute Gasteiger partial charge is 0.176 e. The zero-order valence-electron chi connectivity index (χ0n) is 9.40. The van der Waals surface area contributed by atoms with Crippen LogP contribution in [-0.4, -0.2) is 17.5 Å². The van der Waals surface area contributed by atoms with Crippen LogP contribution in [0, 0.1) is 6.92 Å². The Labute approximate surface area is 90.4 Å². The molecule has 0 spiro atoms. The van der Waals surface area contributed by atoms with Gasteiger partial charge in [0.15, 0.2) is 6.40 Å². The van der Waals surface area contributed by atoms with Gasteiger partial charge in [0.2, 0.25) is 0 Å². The normalized spacial score (nSPS) is 13.0. The number of hydrogen-bond acceptors (Lipinski definition) is 3. The zero-order valence-corrected chi connectivity index (χ0v) is 9.40. The van der Waals surface area contributed by atoms with E-state index in [-0.39, 0.29) is 11.8 Å². The van der Waals surface area contributed by atoms with E-state index in [9.17, 15) is 5.11 Å². The van der Waals surface area contributed by atoms with E-state index in [2.05, 4.69) is 11.9 Å². The lowest BCUT2D eigenvalue weighted by atomic mass is 10.2. The van der Waals surface area contributed by atoms with E-state index in [1.54, 1.807) is 12.1 Å². The standard InChI is InChI=1S/C12H17NO2/c1-4-10(3)13-8-15-11-6-5-9(2)12(14)7-11/h5-8,10,14H,4H2,1-3H3/b13-8+. The number of ether oxygens (including phenoxy) is 1. The minimum atomic E-state index is 0.240. The quantitative estimate of drug-likeness (QED) is 0.609. The van der Waals surface area contributed by atoms with Crippen LogP contribution in [0.1, 0.15) is 25.8 Å². The van der Waals surface area contributed by atoms with Gasteiger partial charge >= 0.3 is 0 Å². The van der Waals surface area contributed by atoms with Crippen molar-refractivity contribution in [1.82, 2.24) is 0 Å².